The van der Waals surface area contributed by atoms with Crippen molar-refractivity contribution in [2.24, 2.45) is 5.73 Å². The van der Waals surface area contributed by atoms with Crippen LogP contribution in [0.2, 0.25) is 0 Å². The molecule has 2 rings (SSSR count). The van der Waals surface area contributed by atoms with Gasteiger partial charge in [-0.1, -0.05) is 12.8 Å². The molecule has 1 aliphatic carbocycles. The van der Waals surface area contributed by atoms with Crippen LogP contribution < -0.4 is 10.5 Å². The van der Waals surface area contributed by atoms with Crippen molar-refractivity contribution < 1.29 is 9.66 Å². The van der Waals surface area contributed by atoms with Crippen LogP contribution >= 0.6 is 0 Å². The zero-order valence-corrected chi connectivity index (χ0v) is 11.1. The van der Waals surface area contributed by atoms with Crippen molar-refractivity contribution in [1.29, 1.82) is 5.26 Å². The van der Waals surface area contributed by atoms with Gasteiger partial charge in [0, 0.05) is 12.1 Å². The minimum Gasteiger partial charge on any atom is -0.482 e. The molecule has 0 heterocycles. The fourth-order valence-electron chi connectivity index (χ4n) is 2.44. The Hall–Kier alpha value is -2.13. The first-order valence-corrected chi connectivity index (χ1v) is 6.72. The second-order valence-corrected chi connectivity index (χ2v) is 5.01. The molecule has 1 aromatic rings. The number of nitrogens with zero attached hydrogens (tertiary/aromatic N) is 2. The minimum absolute atomic E-state index is 0.104. The summed E-state index contributed by atoms with van der Waals surface area (Å²) in [5.74, 6) is 0.191. The van der Waals surface area contributed by atoms with E-state index in [2.05, 4.69) is 0 Å². The maximum atomic E-state index is 11.1. The molecular formula is C14H17N3O3. The molecule has 0 bridgehead atoms. The Kier molecular flexibility index (Phi) is 4.53. The first-order chi connectivity index (χ1) is 9.61. The molecule has 0 spiro atoms. The molecule has 0 saturated heterocycles. The van der Waals surface area contributed by atoms with Crippen LogP contribution in [0.3, 0.4) is 0 Å². The van der Waals surface area contributed by atoms with Crippen LogP contribution in [0.4, 0.5) is 5.69 Å². The Morgan fingerprint density at radius 1 is 1.35 bits per heavy atom. The average molecular weight is 275 g/mol. The smallest absolute Gasteiger partial charge is 0.312 e. The third-order valence-corrected chi connectivity index (χ3v) is 3.57. The van der Waals surface area contributed by atoms with Crippen molar-refractivity contribution in [2.75, 3.05) is 0 Å². The van der Waals surface area contributed by atoms with Crippen LogP contribution in [0.25, 0.3) is 0 Å². The highest BCUT2D eigenvalue weighted by Crippen LogP contribution is 2.31. The SMILES string of the molecule is N#Cc1ccc(OC2CCCCCC2N)c([N+](=O)[O-])c1. The van der Waals surface area contributed by atoms with E-state index in [1.807, 2.05) is 6.07 Å². The van der Waals surface area contributed by atoms with Gasteiger partial charge < -0.3 is 10.5 Å². The highest BCUT2D eigenvalue weighted by molar-refractivity contribution is 5.51. The Bertz CT molecular complexity index is 539. The van der Waals surface area contributed by atoms with Gasteiger partial charge in [-0.2, -0.15) is 5.26 Å². The maximum absolute atomic E-state index is 11.1. The lowest BCUT2D eigenvalue weighted by Gasteiger charge is -2.22. The van der Waals surface area contributed by atoms with Crippen LogP contribution in [0.15, 0.2) is 18.2 Å². The number of ether oxygens (including phenoxy) is 1. The number of nitrogens with two attached hydrogens (primary N) is 1. The molecule has 0 radical (unpaired) electrons. The molecule has 6 heteroatoms. The summed E-state index contributed by atoms with van der Waals surface area (Å²) in [5, 5.41) is 19.9. The number of benzene rings is 1. The topological polar surface area (TPSA) is 102 Å². The van der Waals surface area contributed by atoms with Gasteiger partial charge in [0.1, 0.15) is 6.10 Å². The first-order valence-electron chi connectivity index (χ1n) is 6.72. The summed E-state index contributed by atoms with van der Waals surface area (Å²) in [6, 6.07) is 6.02. The quantitative estimate of drug-likeness (QED) is 0.518. The van der Waals surface area contributed by atoms with E-state index in [1.54, 1.807) is 0 Å². The largest absolute Gasteiger partial charge is 0.482 e. The lowest BCUT2D eigenvalue weighted by molar-refractivity contribution is -0.386. The minimum atomic E-state index is -0.529. The summed E-state index contributed by atoms with van der Waals surface area (Å²) in [5.41, 5.74) is 6.13. The van der Waals surface area contributed by atoms with Crippen molar-refractivity contribution in [1.82, 2.24) is 0 Å². The van der Waals surface area contributed by atoms with Crippen molar-refractivity contribution in [3.8, 4) is 11.8 Å². The average Bonchev–Trinajstić information content (AvgIpc) is 2.64. The fourth-order valence-corrected chi connectivity index (χ4v) is 2.44. The van der Waals surface area contributed by atoms with Crippen molar-refractivity contribution >= 4 is 5.69 Å². The summed E-state index contributed by atoms with van der Waals surface area (Å²) in [6.07, 6.45) is 4.67. The normalized spacial score (nSPS) is 22.6. The molecule has 0 amide bonds. The highest BCUT2D eigenvalue weighted by Gasteiger charge is 2.25. The molecule has 6 nitrogen and oxygen atoms in total. The third kappa shape index (κ3) is 3.25. The molecule has 106 valence electrons. The van der Waals surface area contributed by atoms with Crippen LogP contribution in [0.1, 0.15) is 37.7 Å². The van der Waals surface area contributed by atoms with Gasteiger partial charge in [0.2, 0.25) is 0 Å². The van der Waals surface area contributed by atoms with Gasteiger partial charge in [0.05, 0.1) is 16.6 Å². The fraction of sp³-hybridized carbons (Fsp3) is 0.500. The number of nitro groups is 1. The second kappa shape index (κ2) is 6.35. The van der Waals surface area contributed by atoms with E-state index in [1.165, 1.54) is 18.2 Å². The van der Waals surface area contributed by atoms with Crippen LogP contribution in [-0.2, 0) is 0 Å². The van der Waals surface area contributed by atoms with Gasteiger partial charge in [-0.15, -0.1) is 0 Å². The van der Waals surface area contributed by atoms with Gasteiger partial charge in [-0.3, -0.25) is 10.1 Å². The highest BCUT2D eigenvalue weighted by atomic mass is 16.6. The van der Waals surface area contributed by atoms with Gasteiger partial charge >= 0.3 is 5.69 Å². The summed E-state index contributed by atoms with van der Waals surface area (Å²) in [6.45, 7) is 0. The first kappa shape index (κ1) is 14.3. The Morgan fingerprint density at radius 3 is 2.80 bits per heavy atom. The van der Waals surface area contributed by atoms with Crippen LogP contribution in [0.5, 0.6) is 5.75 Å². The van der Waals surface area contributed by atoms with E-state index in [4.69, 9.17) is 15.7 Å². The van der Waals surface area contributed by atoms with E-state index in [0.29, 0.717) is 0 Å². The number of nitriles is 1. The molecule has 0 aliphatic heterocycles. The summed E-state index contributed by atoms with van der Waals surface area (Å²) in [7, 11) is 0. The number of hydrogen-bond donors (Lipinski definition) is 1. The molecule has 1 fully saturated rings. The van der Waals surface area contributed by atoms with Gasteiger partial charge in [-0.25, -0.2) is 0 Å². The van der Waals surface area contributed by atoms with E-state index >= 15 is 0 Å². The lowest BCUT2D eigenvalue weighted by Crippen LogP contribution is -2.38. The molecule has 1 aliphatic rings. The Labute approximate surface area is 117 Å². The van der Waals surface area contributed by atoms with Crippen molar-refractivity contribution in [3.63, 3.8) is 0 Å². The summed E-state index contributed by atoms with van der Waals surface area (Å²) in [4.78, 5) is 10.5. The molecular weight excluding hydrogens is 258 g/mol. The van der Waals surface area contributed by atoms with Gasteiger partial charge in [-0.05, 0) is 31.4 Å². The lowest BCUT2D eigenvalue weighted by atomic mass is 10.1. The monoisotopic (exact) mass is 275 g/mol. The standard InChI is InChI=1S/C14H17N3O3/c15-9-10-6-7-14(12(8-10)17(18)19)20-13-5-3-1-2-4-11(13)16/h6-8,11,13H,1-5,16H2. The Morgan fingerprint density at radius 2 is 2.10 bits per heavy atom. The van der Waals surface area contributed by atoms with E-state index < -0.39 is 4.92 Å². The van der Waals surface area contributed by atoms with E-state index in [0.717, 1.165) is 32.1 Å². The number of hydrogen-bond acceptors (Lipinski definition) is 5. The Balaban J connectivity index is 2.23. The number of nitro benzene ring substituents is 1. The predicted molar refractivity (Wildman–Crippen MR) is 73.3 cm³/mol. The molecule has 2 atom stereocenters. The molecule has 2 unspecified atom stereocenters. The molecule has 2 N–H and O–H groups in total. The predicted octanol–water partition coefficient (Wildman–Crippen LogP) is 2.51. The summed E-state index contributed by atoms with van der Waals surface area (Å²) >= 11 is 0. The van der Waals surface area contributed by atoms with Crippen molar-refractivity contribution in [3.05, 3.63) is 33.9 Å². The molecule has 0 aromatic heterocycles. The maximum Gasteiger partial charge on any atom is 0.312 e. The molecule has 20 heavy (non-hydrogen) atoms. The zero-order valence-electron chi connectivity index (χ0n) is 11.1. The van der Waals surface area contributed by atoms with Gasteiger partial charge in [0.25, 0.3) is 0 Å². The summed E-state index contributed by atoms with van der Waals surface area (Å²) < 4.78 is 5.76. The molecule has 1 saturated carbocycles. The zero-order chi connectivity index (χ0) is 14.5. The molecule has 1 aromatic carbocycles. The number of rotatable bonds is 3. The van der Waals surface area contributed by atoms with Gasteiger partial charge in [0.15, 0.2) is 5.75 Å². The van der Waals surface area contributed by atoms with Crippen LogP contribution in [0, 0.1) is 21.4 Å². The van der Waals surface area contributed by atoms with E-state index in [9.17, 15) is 10.1 Å². The second-order valence-electron chi connectivity index (χ2n) is 5.01. The van der Waals surface area contributed by atoms with Crippen LogP contribution in [-0.4, -0.2) is 17.1 Å². The third-order valence-electron chi connectivity index (χ3n) is 3.57. The van der Waals surface area contributed by atoms with E-state index in [-0.39, 0.29) is 29.1 Å². The van der Waals surface area contributed by atoms with Crippen molar-refractivity contribution in [2.45, 2.75) is 44.2 Å².